The summed E-state index contributed by atoms with van der Waals surface area (Å²) in [5.74, 6) is 1.31. The molecule has 172 valence electrons. The number of fused-ring (bicyclic) bond motifs is 1. The molecule has 0 aliphatic carbocycles. The first kappa shape index (κ1) is 22.8. The quantitative estimate of drug-likeness (QED) is 0.485. The first-order chi connectivity index (χ1) is 16.1. The minimum absolute atomic E-state index is 0.0601. The van der Waals surface area contributed by atoms with E-state index in [1.807, 2.05) is 54.6 Å². The summed E-state index contributed by atoms with van der Waals surface area (Å²) in [5, 5.41) is 13.4. The lowest BCUT2D eigenvalue weighted by Gasteiger charge is -2.27. The first-order valence-corrected chi connectivity index (χ1v) is 11.2. The van der Waals surface area contributed by atoms with E-state index < -0.39 is 6.10 Å². The van der Waals surface area contributed by atoms with Crippen LogP contribution >= 0.6 is 0 Å². The van der Waals surface area contributed by atoms with Crippen molar-refractivity contribution in [2.24, 2.45) is 0 Å². The van der Waals surface area contributed by atoms with Crippen LogP contribution in [0.4, 0.5) is 0 Å². The molecule has 1 aliphatic heterocycles. The van der Waals surface area contributed by atoms with Gasteiger partial charge in [0.1, 0.15) is 30.3 Å². The number of ether oxygens (including phenoxy) is 3. The maximum absolute atomic E-state index is 11.6. The van der Waals surface area contributed by atoms with Crippen LogP contribution < -0.4 is 14.8 Å². The Morgan fingerprint density at radius 3 is 2.61 bits per heavy atom. The molecule has 33 heavy (non-hydrogen) atoms. The molecular weight excluding hydrogens is 418 g/mol. The van der Waals surface area contributed by atoms with E-state index in [9.17, 15) is 9.90 Å². The summed E-state index contributed by atoms with van der Waals surface area (Å²) in [6.07, 6.45) is 1.30. The number of esters is 1. The van der Waals surface area contributed by atoms with Crippen molar-refractivity contribution in [3.8, 4) is 22.6 Å². The number of aliphatic hydroxyl groups excluding tert-OH is 1. The average Bonchev–Trinajstić information content (AvgIpc) is 2.87. The minimum Gasteiger partial charge on any atom is -0.491 e. The first-order valence-electron chi connectivity index (χ1n) is 11.2. The maximum Gasteiger partial charge on any atom is 0.337 e. The second-order valence-electron chi connectivity index (χ2n) is 8.11. The Balaban J connectivity index is 1.25. The standard InChI is InChI=1S/C27H29NO5/c1-31-27(30)20-9-7-19(8-10-20)21-12-14-26-22(15-21)11-13-25(33-26)17-28-16-23(29)18-32-24-5-3-2-4-6-24/h2-10,12,14-15,23,25,28-29H,11,13,16-18H2,1H3. The van der Waals surface area contributed by atoms with Crippen LogP contribution in [0, 0.1) is 0 Å². The predicted octanol–water partition coefficient (Wildman–Crippen LogP) is 3.86. The lowest BCUT2D eigenvalue weighted by atomic mass is 9.96. The Morgan fingerprint density at radius 1 is 1.09 bits per heavy atom. The van der Waals surface area contributed by atoms with E-state index >= 15 is 0 Å². The molecule has 2 N–H and O–H groups in total. The van der Waals surface area contributed by atoms with E-state index in [-0.39, 0.29) is 18.7 Å². The monoisotopic (exact) mass is 447 g/mol. The molecule has 2 atom stereocenters. The minimum atomic E-state index is -0.589. The van der Waals surface area contributed by atoms with Crippen LogP contribution in [0.1, 0.15) is 22.3 Å². The van der Waals surface area contributed by atoms with E-state index in [1.165, 1.54) is 12.7 Å². The van der Waals surface area contributed by atoms with Crippen LogP contribution in [0.3, 0.4) is 0 Å². The number of hydrogen-bond acceptors (Lipinski definition) is 6. The van der Waals surface area contributed by atoms with Crippen molar-refractivity contribution in [1.29, 1.82) is 0 Å². The molecule has 0 spiro atoms. The fourth-order valence-electron chi connectivity index (χ4n) is 3.86. The van der Waals surface area contributed by atoms with Crippen molar-refractivity contribution in [3.05, 3.63) is 83.9 Å². The number of aliphatic hydroxyl groups is 1. The van der Waals surface area contributed by atoms with E-state index in [4.69, 9.17) is 14.2 Å². The van der Waals surface area contributed by atoms with E-state index in [0.717, 1.165) is 35.5 Å². The van der Waals surface area contributed by atoms with Gasteiger partial charge in [-0.05, 0) is 65.9 Å². The molecule has 3 aromatic carbocycles. The molecule has 0 amide bonds. The fraction of sp³-hybridized carbons (Fsp3) is 0.296. The van der Waals surface area contributed by atoms with Crippen LogP contribution in [0.25, 0.3) is 11.1 Å². The van der Waals surface area contributed by atoms with Crippen LogP contribution in [-0.2, 0) is 11.2 Å². The third-order valence-electron chi connectivity index (χ3n) is 5.67. The second kappa shape index (κ2) is 11.0. The summed E-state index contributed by atoms with van der Waals surface area (Å²) in [6, 6.07) is 23.1. The van der Waals surface area contributed by atoms with Crippen molar-refractivity contribution in [2.75, 3.05) is 26.8 Å². The van der Waals surface area contributed by atoms with Gasteiger partial charge < -0.3 is 24.6 Å². The highest BCUT2D eigenvalue weighted by Gasteiger charge is 2.20. The van der Waals surface area contributed by atoms with Crippen LogP contribution in [0.5, 0.6) is 11.5 Å². The fourth-order valence-corrected chi connectivity index (χ4v) is 3.86. The van der Waals surface area contributed by atoms with Gasteiger partial charge in [0, 0.05) is 13.1 Å². The van der Waals surface area contributed by atoms with Crippen molar-refractivity contribution in [3.63, 3.8) is 0 Å². The molecule has 0 bridgehead atoms. The van der Waals surface area contributed by atoms with Crippen LogP contribution in [0.15, 0.2) is 72.8 Å². The predicted molar refractivity (Wildman–Crippen MR) is 127 cm³/mol. The topological polar surface area (TPSA) is 77.0 Å². The summed E-state index contributed by atoms with van der Waals surface area (Å²) in [5.41, 5.74) is 3.85. The molecule has 4 rings (SSSR count). The molecule has 6 heteroatoms. The third-order valence-corrected chi connectivity index (χ3v) is 5.67. The summed E-state index contributed by atoms with van der Waals surface area (Å²) >= 11 is 0. The van der Waals surface area contributed by atoms with Gasteiger partial charge in [-0.15, -0.1) is 0 Å². The number of rotatable bonds is 9. The smallest absolute Gasteiger partial charge is 0.337 e. The highest BCUT2D eigenvalue weighted by molar-refractivity contribution is 5.90. The highest BCUT2D eigenvalue weighted by Crippen LogP contribution is 2.32. The number of carbonyl (C=O) groups excluding carboxylic acids is 1. The lowest BCUT2D eigenvalue weighted by Crippen LogP contribution is -2.39. The number of nitrogens with one attached hydrogen (secondary N) is 1. The van der Waals surface area contributed by atoms with Gasteiger partial charge in [0.15, 0.2) is 0 Å². The highest BCUT2D eigenvalue weighted by atomic mass is 16.5. The summed E-state index contributed by atoms with van der Waals surface area (Å²) in [7, 11) is 1.38. The molecule has 0 fully saturated rings. The van der Waals surface area contributed by atoms with Crippen molar-refractivity contribution < 1.29 is 24.1 Å². The molecule has 0 radical (unpaired) electrons. The zero-order chi connectivity index (χ0) is 23.0. The largest absolute Gasteiger partial charge is 0.491 e. The number of para-hydroxylation sites is 1. The molecule has 1 heterocycles. The van der Waals surface area contributed by atoms with Gasteiger partial charge in [-0.25, -0.2) is 4.79 Å². The molecule has 0 aromatic heterocycles. The van der Waals surface area contributed by atoms with E-state index in [0.29, 0.717) is 18.7 Å². The van der Waals surface area contributed by atoms with Gasteiger partial charge in [-0.3, -0.25) is 0 Å². The van der Waals surface area contributed by atoms with Crippen LogP contribution in [0.2, 0.25) is 0 Å². The Morgan fingerprint density at radius 2 is 1.85 bits per heavy atom. The molecule has 1 aliphatic rings. The lowest BCUT2D eigenvalue weighted by molar-refractivity contribution is 0.0600. The van der Waals surface area contributed by atoms with E-state index in [2.05, 4.69) is 11.4 Å². The normalized spacial score (nSPS) is 15.8. The Bertz CT molecular complexity index is 1050. The SMILES string of the molecule is COC(=O)c1ccc(-c2ccc3c(c2)CCC(CNCC(O)COc2ccccc2)O3)cc1. The van der Waals surface area contributed by atoms with Gasteiger partial charge in [0.05, 0.1) is 12.7 Å². The number of aryl methyl sites for hydroxylation is 1. The Kier molecular flexibility index (Phi) is 7.60. The summed E-state index contributed by atoms with van der Waals surface area (Å²) in [4.78, 5) is 11.6. The van der Waals surface area contributed by atoms with Gasteiger partial charge >= 0.3 is 5.97 Å². The maximum atomic E-state index is 11.6. The average molecular weight is 448 g/mol. The molecule has 2 unspecified atom stereocenters. The zero-order valence-electron chi connectivity index (χ0n) is 18.7. The van der Waals surface area contributed by atoms with Gasteiger partial charge in [-0.1, -0.05) is 36.4 Å². The number of carbonyl (C=O) groups is 1. The van der Waals surface area contributed by atoms with Crippen molar-refractivity contribution >= 4 is 5.97 Å². The molecule has 0 saturated heterocycles. The zero-order valence-corrected chi connectivity index (χ0v) is 18.7. The molecular formula is C27H29NO5. The van der Waals surface area contributed by atoms with Gasteiger partial charge in [0.2, 0.25) is 0 Å². The van der Waals surface area contributed by atoms with E-state index in [1.54, 1.807) is 12.1 Å². The molecule has 3 aromatic rings. The summed E-state index contributed by atoms with van der Waals surface area (Å²) in [6.45, 7) is 1.35. The number of benzene rings is 3. The Hall–Kier alpha value is -3.35. The van der Waals surface area contributed by atoms with Crippen molar-refractivity contribution in [1.82, 2.24) is 5.32 Å². The summed E-state index contributed by atoms with van der Waals surface area (Å²) < 4.78 is 16.5. The third kappa shape index (κ3) is 6.12. The molecule has 6 nitrogen and oxygen atoms in total. The van der Waals surface area contributed by atoms with Gasteiger partial charge in [0.25, 0.3) is 0 Å². The Labute approximate surface area is 194 Å². The van der Waals surface area contributed by atoms with Gasteiger partial charge in [-0.2, -0.15) is 0 Å². The van der Waals surface area contributed by atoms with Crippen LogP contribution in [-0.4, -0.2) is 50.1 Å². The number of methoxy groups -OCH3 is 1. The molecule has 0 saturated carbocycles. The number of hydrogen-bond donors (Lipinski definition) is 2. The second-order valence-corrected chi connectivity index (χ2v) is 8.11. The van der Waals surface area contributed by atoms with Crippen molar-refractivity contribution in [2.45, 2.75) is 25.0 Å².